The number of carboxylic acids is 1. The van der Waals surface area contributed by atoms with Crippen LogP contribution < -0.4 is 5.32 Å². The van der Waals surface area contributed by atoms with Crippen molar-refractivity contribution in [1.82, 2.24) is 15.1 Å². The summed E-state index contributed by atoms with van der Waals surface area (Å²) in [6.45, 7) is 5.77. The Hall–Kier alpha value is -2.63. The molecule has 1 aromatic carbocycles. The number of nitrogens with zero attached hydrogens (tertiary/aromatic N) is 2. The lowest BCUT2D eigenvalue weighted by Crippen LogP contribution is -2.44. The number of fused-ring (bicyclic) bond motifs is 1. The standard InChI is InChI=1S/C23H31N3O3/c1-14(12-20-15(2)25-26(4)16(20)3)22(27)24-21(23(28)29)13-18-10-7-9-17-8-5-6-11-19(17)18/h5-6,8,11,14,18,21H,7,9-10,12-13H2,1-4H3,(H,24,27)(H,28,29). The Morgan fingerprint density at radius 1 is 1.31 bits per heavy atom. The second kappa shape index (κ2) is 8.80. The van der Waals surface area contributed by atoms with E-state index < -0.39 is 12.0 Å². The van der Waals surface area contributed by atoms with E-state index in [2.05, 4.69) is 22.5 Å². The van der Waals surface area contributed by atoms with Crippen molar-refractivity contribution in [3.05, 3.63) is 52.3 Å². The van der Waals surface area contributed by atoms with Crippen molar-refractivity contribution in [2.75, 3.05) is 0 Å². The minimum Gasteiger partial charge on any atom is -0.480 e. The van der Waals surface area contributed by atoms with Gasteiger partial charge in [0.1, 0.15) is 6.04 Å². The minimum absolute atomic E-state index is 0.166. The van der Waals surface area contributed by atoms with Crippen LogP contribution in [0.3, 0.4) is 0 Å². The van der Waals surface area contributed by atoms with Gasteiger partial charge in [-0.3, -0.25) is 9.48 Å². The summed E-state index contributed by atoms with van der Waals surface area (Å²) >= 11 is 0. The normalized spacial score (nSPS) is 18.0. The van der Waals surface area contributed by atoms with Gasteiger partial charge in [0, 0.05) is 18.7 Å². The number of aryl methyl sites for hydroxylation is 3. The average molecular weight is 398 g/mol. The van der Waals surface area contributed by atoms with Gasteiger partial charge in [-0.15, -0.1) is 0 Å². The van der Waals surface area contributed by atoms with Crippen LogP contribution in [0.1, 0.15) is 60.2 Å². The number of carbonyl (C=O) groups is 2. The first-order valence-electron chi connectivity index (χ1n) is 10.4. The molecule has 3 unspecified atom stereocenters. The second-order valence-electron chi connectivity index (χ2n) is 8.30. The highest BCUT2D eigenvalue weighted by Crippen LogP contribution is 2.34. The van der Waals surface area contributed by atoms with Crippen molar-refractivity contribution in [3.63, 3.8) is 0 Å². The molecule has 3 rings (SSSR count). The molecule has 0 fully saturated rings. The van der Waals surface area contributed by atoms with E-state index in [4.69, 9.17) is 0 Å². The van der Waals surface area contributed by atoms with Gasteiger partial charge in [0.25, 0.3) is 0 Å². The highest BCUT2D eigenvalue weighted by molar-refractivity contribution is 5.85. The summed E-state index contributed by atoms with van der Waals surface area (Å²) in [4.78, 5) is 24.7. The number of aliphatic carboxylic acids is 1. The van der Waals surface area contributed by atoms with E-state index >= 15 is 0 Å². The molecule has 0 bridgehead atoms. The molecule has 6 nitrogen and oxygen atoms in total. The van der Waals surface area contributed by atoms with E-state index in [-0.39, 0.29) is 17.7 Å². The van der Waals surface area contributed by atoms with Crippen LogP contribution >= 0.6 is 0 Å². The fraction of sp³-hybridized carbons (Fsp3) is 0.522. The predicted molar refractivity (Wildman–Crippen MR) is 112 cm³/mol. The molecule has 0 saturated carbocycles. The van der Waals surface area contributed by atoms with E-state index in [9.17, 15) is 14.7 Å². The maximum atomic E-state index is 12.8. The molecule has 0 aliphatic heterocycles. The van der Waals surface area contributed by atoms with Gasteiger partial charge in [0.15, 0.2) is 0 Å². The third-order valence-corrected chi connectivity index (χ3v) is 6.25. The van der Waals surface area contributed by atoms with E-state index in [1.165, 1.54) is 11.1 Å². The first-order valence-corrected chi connectivity index (χ1v) is 10.4. The van der Waals surface area contributed by atoms with E-state index in [1.54, 1.807) is 0 Å². The summed E-state index contributed by atoms with van der Waals surface area (Å²) in [5, 5.41) is 16.9. The highest BCUT2D eigenvalue weighted by atomic mass is 16.4. The van der Waals surface area contributed by atoms with Crippen molar-refractivity contribution in [1.29, 1.82) is 0 Å². The molecule has 1 amide bonds. The van der Waals surface area contributed by atoms with Crippen molar-refractivity contribution in [3.8, 4) is 0 Å². The number of carbonyl (C=O) groups excluding carboxylic acids is 1. The van der Waals surface area contributed by atoms with Crippen LogP contribution in [0.15, 0.2) is 24.3 Å². The summed E-state index contributed by atoms with van der Waals surface area (Å²) in [7, 11) is 1.89. The number of rotatable bonds is 7. The van der Waals surface area contributed by atoms with Gasteiger partial charge in [-0.25, -0.2) is 4.79 Å². The number of aromatic nitrogens is 2. The molecule has 6 heteroatoms. The Labute approximate surface area is 172 Å². The lowest BCUT2D eigenvalue weighted by molar-refractivity contribution is -0.142. The zero-order chi connectivity index (χ0) is 21.1. The fourth-order valence-electron chi connectivity index (χ4n) is 4.43. The zero-order valence-electron chi connectivity index (χ0n) is 17.7. The molecule has 2 aromatic rings. The molecule has 29 heavy (non-hydrogen) atoms. The molecule has 1 heterocycles. The Kier molecular flexibility index (Phi) is 6.40. The zero-order valence-corrected chi connectivity index (χ0v) is 17.7. The van der Waals surface area contributed by atoms with Crippen LogP contribution in [0, 0.1) is 19.8 Å². The molecular formula is C23H31N3O3. The average Bonchev–Trinajstić information content (AvgIpc) is 2.93. The first kappa shape index (κ1) is 21.1. The number of hydrogen-bond acceptors (Lipinski definition) is 3. The maximum Gasteiger partial charge on any atom is 0.326 e. The molecule has 0 spiro atoms. The van der Waals surface area contributed by atoms with Crippen molar-refractivity contribution in [2.45, 2.75) is 64.8 Å². The van der Waals surface area contributed by atoms with Gasteiger partial charge in [-0.1, -0.05) is 31.2 Å². The number of amides is 1. The second-order valence-corrected chi connectivity index (χ2v) is 8.30. The van der Waals surface area contributed by atoms with Gasteiger partial charge in [-0.05, 0) is 68.6 Å². The minimum atomic E-state index is -0.970. The Morgan fingerprint density at radius 3 is 2.69 bits per heavy atom. The molecule has 2 N–H and O–H groups in total. The lowest BCUT2D eigenvalue weighted by Gasteiger charge is -2.28. The van der Waals surface area contributed by atoms with E-state index in [0.29, 0.717) is 12.8 Å². The summed E-state index contributed by atoms with van der Waals surface area (Å²) in [5.74, 6) is -1.34. The molecule has 0 saturated heterocycles. The molecule has 1 aliphatic rings. The van der Waals surface area contributed by atoms with Crippen LogP contribution in [0.25, 0.3) is 0 Å². The van der Waals surface area contributed by atoms with Crippen molar-refractivity contribution < 1.29 is 14.7 Å². The predicted octanol–water partition coefficient (Wildman–Crippen LogP) is 3.30. The van der Waals surface area contributed by atoms with Gasteiger partial charge in [0.05, 0.1) is 5.69 Å². The summed E-state index contributed by atoms with van der Waals surface area (Å²) in [6, 6.07) is 7.37. The Balaban J connectivity index is 1.67. The number of carboxylic acid groups (broad SMARTS) is 1. The van der Waals surface area contributed by atoms with Gasteiger partial charge >= 0.3 is 5.97 Å². The molecule has 1 aliphatic carbocycles. The van der Waals surface area contributed by atoms with E-state index in [1.807, 2.05) is 44.6 Å². The Bertz CT molecular complexity index is 903. The van der Waals surface area contributed by atoms with Gasteiger partial charge in [0.2, 0.25) is 5.91 Å². The largest absolute Gasteiger partial charge is 0.480 e. The molecule has 0 radical (unpaired) electrons. The van der Waals surface area contributed by atoms with Crippen LogP contribution in [0.4, 0.5) is 0 Å². The lowest BCUT2D eigenvalue weighted by atomic mass is 9.79. The van der Waals surface area contributed by atoms with Crippen LogP contribution in [0.2, 0.25) is 0 Å². The SMILES string of the molecule is Cc1nn(C)c(C)c1CC(C)C(=O)NC(CC1CCCc2ccccc21)C(=O)O. The topological polar surface area (TPSA) is 84.2 Å². The first-order chi connectivity index (χ1) is 13.8. The number of nitrogens with one attached hydrogen (secondary N) is 1. The van der Waals surface area contributed by atoms with Gasteiger partial charge in [-0.2, -0.15) is 5.10 Å². The maximum absolute atomic E-state index is 12.8. The van der Waals surface area contributed by atoms with Crippen LogP contribution in [-0.4, -0.2) is 32.8 Å². The monoisotopic (exact) mass is 397 g/mol. The third kappa shape index (κ3) is 4.69. The summed E-state index contributed by atoms with van der Waals surface area (Å²) < 4.78 is 1.82. The Morgan fingerprint density at radius 2 is 2.03 bits per heavy atom. The van der Waals surface area contributed by atoms with E-state index in [0.717, 1.165) is 36.2 Å². The molecular weight excluding hydrogens is 366 g/mol. The van der Waals surface area contributed by atoms with Crippen molar-refractivity contribution in [2.24, 2.45) is 13.0 Å². The van der Waals surface area contributed by atoms with Crippen LogP contribution in [-0.2, 0) is 29.5 Å². The highest BCUT2D eigenvalue weighted by Gasteiger charge is 2.29. The van der Waals surface area contributed by atoms with Crippen LogP contribution in [0.5, 0.6) is 0 Å². The smallest absolute Gasteiger partial charge is 0.326 e. The fourth-order valence-corrected chi connectivity index (χ4v) is 4.43. The summed E-state index contributed by atoms with van der Waals surface area (Å²) in [6.07, 6.45) is 4.03. The van der Waals surface area contributed by atoms with Crippen molar-refractivity contribution >= 4 is 11.9 Å². The number of benzene rings is 1. The summed E-state index contributed by atoms with van der Waals surface area (Å²) in [5.41, 5.74) is 5.54. The number of hydrogen-bond donors (Lipinski definition) is 2. The van der Waals surface area contributed by atoms with Gasteiger partial charge < -0.3 is 10.4 Å². The molecule has 3 atom stereocenters. The quantitative estimate of drug-likeness (QED) is 0.751. The molecule has 156 valence electrons. The molecule has 1 aromatic heterocycles. The third-order valence-electron chi connectivity index (χ3n) is 6.25.